The van der Waals surface area contributed by atoms with Gasteiger partial charge in [-0.3, -0.25) is 4.79 Å². The third-order valence-corrected chi connectivity index (χ3v) is 8.19. The summed E-state index contributed by atoms with van der Waals surface area (Å²) < 4.78 is 118. The molecule has 198 valence electrons. The van der Waals surface area contributed by atoms with Crippen LogP contribution in [0.5, 0.6) is 0 Å². The number of rotatable bonds is 6. The Morgan fingerprint density at radius 2 is 1.68 bits per heavy atom. The van der Waals surface area contributed by atoms with Gasteiger partial charge in [-0.15, -0.1) is 0 Å². The molecule has 2 atom stereocenters. The van der Waals surface area contributed by atoms with Crippen molar-refractivity contribution in [3.63, 3.8) is 0 Å². The van der Waals surface area contributed by atoms with Gasteiger partial charge < -0.3 is 5.32 Å². The summed E-state index contributed by atoms with van der Waals surface area (Å²) in [6.07, 6.45) is -7.77. The molecule has 1 aromatic carbocycles. The van der Waals surface area contributed by atoms with Crippen molar-refractivity contribution in [3.05, 3.63) is 71.6 Å². The summed E-state index contributed by atoms with van der Waals surface area (Å²) in [5.74, 6) is -2.47. The van der Waals surface area contributed by atoms with Gasteiger partial charge in [-0.2, -0.15) is 31.4 Å². The topological polar surface area (TPSA) is 93.9 Å². The zero-order valence-corrected chi connectivity index (χ0v) is 19.3. The molecule has 15 heteroatoms. The second-order valence-corrected chi connectivity index (χ2v) is 10.5. The fourth-order valence-corrected chi connectivity index (χ4v) is 5.86. The van der Waals surface area contributed by atoms with Crippen LogP contribution >= 0.6 is 0 Å². The van der Waals surface area contributed by atoms with E-state index in [1.807, 2.05) is 0 Å². The summed E-state index contributed by atoms with van der Waals surface area (Å²) in [5.41, 5.74) is -3.28. The van der Waals surface area contributed by atoms with Crippen molar-refractivity contribution in [2.45, 2.75) is 41.9 Å². The monoisotopic (exact) mass is 550 g/mol. The number of carbonyl (C=O) groups is 1. The van der Waals surface area contributed by atoms with Crippen LogP contribution < -0.4 is 5.32 Å². The number of benzene rings is 1. The first-order chi connectivity index (χ1) is 17.2. The molecule has 1 saturated carbocycles. The van der Waals surface area contributed by atoms with E-state index in [2.05, 4.69) is 15.4 Å². The first-order valence-corrected chi connectivity index (χ1v) is 12.2. The summed E-state index contributed by atoms with van der Waals surface area (Å²) >= 11 is 0. The fourth-order valence-electron chi connectivity index (χ4n) is 3.85. The Balaban J connectivity index is 1.51. The molecule has 0 radical (unpaired) electrons. The quantitative estimate of drug-likeness (QED) is 0.365. The van der Waals surface area contributed by atoms with Crippen molar-refractivity contribution in [1.82, 2.24) is 20.1 Å². The predicted octanol–water partition coefficient (Wildman–Crippen LogP) is 4.31. The van der Waals surface area contributed by atoms with E-state index in [0.29, 0.717) is 16.9 Å². The lowest BCUT2D eigenvalue weighted by Crippen LogP contribution is -2.47. The van der Waals surface area contributed by atoms with Gasteiger partial charge in [0.2, 0.25) is 5.91 Å². The van der Waals surface area contributed by atoms with E-state index in [0.717, 1.165) is 36.5 Å². The standard InChI is InChI=1S/C22H17F7N4O3S/c23-13-1-4-15(5-2-13)37(35,36)17-7-6-16(17)20(34)31-9-12-11-33(32-19(12)22(27,28)29)14-3-8-18(30-10-14)21(24,25)26/h1-5,8,10-11,16-17H,6-7,9H2,(H,31,34)/t16-,17?/m1/s1. The molecule has 0 saturated heterocycles. The average Bonchev–Trinajstić information content (AvgIpc) is 3.21. The van der Waals surface area contributed by atoms with Crippen molar-refractivity contribution in [1.29, 1.82) is 0 Å². The average molecular weight is 550 g/mol. The molecule has 4 rings (SSSR count). The van der Waals surface area contributed by atoms with Crippen molar-refractivity contribution >= 4 is 15.7 Å². The largest absolute Gasteiger partial charge is 0.435 e. The molecule has 37 heavy (non-hydrogen) atoms. The molecular formula is C22H17F7N4O3S. The van der Waals surface area contributed by atoms with Gasteiger partial charge in [-0.25, -0.2) is 22.5 Å². The van der Waals surface area contributed by atoms with Gasteiger partial charge in [0.1, 0.15) is 11.5 Å². The third-order valence-electron chi connectivity index (χ3n) is 5.90. The van der Waals surface area contributed by atoms with Crippen LogP contribution in [-0.2, 0) is 33.5 Å². The minimum Gasteiger partial charge on any atom is -0.352 e. The highest BCUT2D eigenvalue weighted by Crippen LogP contribution is 2.37. The molecule has 3 aromatic rings. The lowest BCUT2D eigenvalue weighted by atomic mass is 9.84. The van der Waals surface area contributed by atoms with Crippen LogP contribution in [-0.4, -0.2) is 34.3 Å². The van der Waals surface area contributed by atoms with Gasteiger partial charge >= 0.3 is 12.4 Å². The number of hydrogen-bond donors (Lipinski definition) is 1. The van der Waals surface area contributed by atoms with E-state index in [1.165, 1.54) is 0 Å². The van der Waals surface area contributed by atoms with Crippen LogP contribution in [0.4, 0.5) is 30.7 Å². The first-order valence-electron chi connectivity index (χ1n) is 10.6. The molecular weight excluding hydrogens is 533 g/mol. The Hall–Kier alpha value is -3.49. The first kappa shape index (κ1) is 26.6. The Morgan fingerprint density at radius 3 is 2.19 bits per heavy atom. The molecule has 1 N–H and O–H groups in total. The number of carbonyl (C=O) groups excluding carboxylic acids is 1. The van der Waals surface area contributed by atoms with Gasteiger partial charge in [-0.05, 0) is 49.2 Å². The number of alkyl halides is 6. The maximum absolute atomic E-state index is 13.5. The number of sulfone groups is 1. The number of hydrogen-bond acceptors (Lipinski definition) is 5. The minimum absolute atomic E-state index is 0.143. The smallest absolute Gasteiger partial charge is 0.352 e. The SMILES string of the molecule is O=C(NCc1cn(-c2ccc(C(F)(F)F)nc2)nc1C(F)(F)F)[C@@H]1CCC1S(=O)(=O)c1ccc(F)cc1. The van der Waals surface area contributed by atoms with Gasteiger partial charge in [0.25, 0.3) is 0 Å². The summed E-state index contributed by atoms with van der Waals surface area (Å²) in [7, 11) is -3.98. The van der Waals surface area contributed by atoms with Gasteiger partial charge in [0.15, 0.2) is 15.5 Å². The zero-order chi connectivity index (χ0) is 27.2. The molecule has 2 aromatic heterocycles. The molecule has 0 bridgehead atoms. The van der Waals surface area contributed by atoms with Crippen LogP contribution in [0, 0.1) is 11.7 Å². The molecule has 1 aliphatic rings. The summed E-state index contributed by atoms with van der Waals surface area (Å²) in [6.45, 7) is -0.665. The molecule has 1 aliphatic carbocycles. The molecule has 1 amide bonds. The van der Waals surface area contributed by atoms with Gasteiger partial charge in [0.05, 0.1) is 27.9 Å². The maximum Gasteiger partial charge on any atom is 0.435 e. The molecule has 0 aliphatic heterocycles. The lowest BCUT2D eigenvalue weighted by molar-refractivity contribution is -0.142. The Morgan fingerprint density at radius 1 is 1.00 bits per heavy atom. The number of halogens is 7. The molecule has 1 fully saturated rings. The van der Waals surface area contributed by atoms with E-state index >= 15 is 0 Å². The van der Waals surface area contributed by atoms with Crippen LogP contribution in [0.15, 0.2) is 53.7 Å². The van der Waals surface area contributed by atoms with Gasteiger partial charge in [0, 0.05) is 18.3 Å². The van der Waals surface area contributed by atoms with Crippen molar-refractivity contribution in [3.8, 4) is 5.69 Å². The van der Waals surface area contributed by atoms with Crippen LogP contribution in [0.1, 0.15) is 29.8 Å². The Kier molecular flexibility index (Phi) is 6.77. The van der Waals surface area contributed by atoms with E-state index in [1.54, 1.807) is 0 Å². The maximum atomic E-state index is 13.5. The summed E-state index contributed by atoms with van der Waals surface area (Å²) in [5, 5.41) is 4.56. The number of nitrogens with one attached hydrogen (secondary N) is 1. The van der Waals surface area contributed by atoms with Crippen molar-refractivity contribution < 1.29 is 43.9 Å². The van der Waals surface area contributed by atoms with Crippen LogP contribution in [0.3, 0.4) is 0 Å². The normalized spacial score (nSPS) is 18.4. The third kappa shape index (κ3) is 5.45. The second kappa shape index (κ2) is 9.43. The van der Waals surface area contributed by atoms with E-state index in [-0.39, 0.29) is 23.4 Å². The van der Waals surface area contributed by atoms with E-state index in [9.17, 15) is 43.9 Å². The molecule has 7 nitrogen and oxygen atoms in total. The van der Waals surface area contributed by atoms with E-state index in [4.69, 9.17) is 0 Å². The highest BCUT2D eigenvalue weighted by molar-refractivity contribution is 7.92. The van der Waals surface area contributed by atoms with Crippen molar-refractivity contribution in [2.24, 2.45) is 5.92 Å². The highest BCUT2D eigenvalue weighted by atomic mass is 32.2. The summed E-state index contributed by atoms with van der Waals surface area (Å²) in [4.78, 5) is 15.7. The zero-order valence-electron chi connectivity index (χ0n) is 18.5. The van der Waals surface area contributed by atoms with E-state index < -0.39 is 68.6 Å². The second-order valence-electron chi connectivity index (χ2n) is 8.28. The number of amides is 1. The lowest BCUT2D eigenvalue weighted by Gasteiger charge is -2.34. The van der Waals surface area contributed by atoms with Crippen molar-refractivity contribution in [2.75, 3.05) is 0 Å². The molecule has 0 spiro atoms. The Bertz CT molecular complexity index is 1400. The summed E-state index contributed by atoms with van der Waals surface area (Å²) in [6, 6.07) is 5.54. The van der Waals surface area contributed by atoms with Crippen LogP contribution in [0.25, 0.3) is 5.69 Å². The number of pyridine rings is 1. The Labute approximate surface area is 205 Å². The predicted molar refractivity (Wildman–Crippen MR) is 113 cm³/mol. The number of nitrogens with zero attached hydrogens (tertiary/aromatic N) is 3. The molecule has 2 heterocycles. The molecule has 1 unspecified atom stereocenters. The highest BCUT2D eigenvalue weighted by Gasteiger charge is 2.46. The fraction of sp³-hybridized carbons (Fsp3) is 0.318. The van der Waals surface area contributed by atoms with Crippen LogP contribution in [0.2, 0.25) is 0 Å². The number of aromatic nitrogens is 3. The van der Waals surface area contributed by atoms with Gasteiger partial charge in [-0.1, -0.05) is 0 Å². The minimum atomic E-state index is -4.95.